The lowest BCUT2D eigenvalue weighted by Crippen LogP contribution is -2.21. The van der Waals surface area contributed by atoms with Gasteiger partial charge in [-0.05, 0) is 85.5 Å². The lowest BCUT2D eigenvalue weighted by molar-refractivity contribution is -0.656. The first-order chi connectivity index (χ1) is 19.8. The molecule has 4 aromatic carbocycles. The smallest absolute Gasteiger partial charge is 0.208 e. The highest BCUT2D eigenvalue weighted by Crippen LogP contribution is 2.37. The van der Waals surface area contributed by atoms with E-state index in [1.807, 2.05) is 16.3 Å². The van der Waals surface area contributed by atoms with Crippen molar-refractivity contribution in [1.29, 1.82) is 0 Å². The summed E-state index contributed by atoms with van der Waals surface area (Å²) in [5.74, 6) is 0. The van der Waals surface area contributed by atoms with E-state index in [1.54, 1.807) is 0 Å². The summed E-state index contributed by atoms with van der Waals surface area (Å²) in [6, 6.07) is 33.9. The van der Waals surface area contributed by atoms with Crippen LogP contribution in [0.4, 0.5) is 0 Å². The van der Waals surface area contributed by atoms with Gasteiger partial charge in [0.2, 0.25) is 6.17 Å². The SMILES string of the molecule is C=[N+]1[C-](CCC)N=[N+](C)[C-]1c1cccc(-c2cc(-c3ccc(C(C)(C)C)cc3)cc(-c3ccc(C(C)(C)C)cc3)c2)c1. The molecule has 0 aromatic heterocycles. The van der Waals surface area contributed by atoms with Crippen LogP contribution >= 0.6 is 0 Å². The highest BCUT2D eigenvalue weighted by atomic mass is 15.5. The summed E-state index contributed by atoms with van der Waals surface area (Å²) in [5.41, 5.74) is 11.3. The summed E-state index contributed by atoms with van der Waals surface area (Å²) in [4.78, 5) is 0. The molecule has 1 aliphatic heterocycles. The first-order valence-electron chi connectivity index (χ1n) is 15.1. The van der Waals surface area contributed by atoms with E-state index in [4.69, 9.17) is 5.11 Å². The number of rotatable bonds is 6. The van der Waals surface area contributed by atoms with Crippen molar-refractivity contribution in [3.05, 3.63) is 120 Å². The van der Waals surface area contributed by atoms with Crippen LogP contribution in [-0.4, -0.2) is 23.0 Å². The number of hydrogen-bond acceptors (Lipinski definition) is 1. The molecule has 216 valence electrons. The Balaban J connectivity index is 1.60. The Hall–Kier alpha value is -4.11. The molecule has 1 aliphatic rings. The predicted octanol–water partition coefficient (Wildman–Crippen LogP) is 10.2. The standard InChI is InChI=1S/C39H45N3/c1-10-12-36-40-42(9)37(41(36)8)30-14-11-13-29(23-30)33-25-31(27-15-19-34(20-16-27)38(2,3)4)24-32(26-33)28-17-21-35(22-18-28)39(5,6)7/h11,13-26H,8,10,12H2,1-7,9H3. The van der Waals surface area contributed by atoms with Gasteiger partial charge < -0.3 is 4.58 Å². The van der Waals surface area contributed by atoms with E-state index in [1.165, 1.54) is 44.5 Å². The van der Waals surface area contributed by atoms with Crippen LogP contribution in [-0.2, 0) is 10.8 Å². The van der Waals surface area contributed by atoms with Crippen LogP contribution in [0.1, 0.15) is 78.0 Å². The molecule has 0 amide bonds. The van der Waals surface area contributed by atoms with E-state index in [2.05, 4.69) is 146 Å². The van der Waals surface area contributed by atoms with Crippen LogP contribution in [0.5, 0.6) is 0 Å². The lowest BCUT2D eigenvalue weighted by Gasteiger charge is -2.22. The molecular formula is C39H45N3. The molecule has 0 unspecified atom stereocenters. The summed E-state index contributed by atoms with van der Waals surface area (Å²) in [5, 5.41) is 4.75. The highest BCUT2D eigenvalue weighted by molar-refractivity contribution is 5.81. The second-order valence-corrected chi connectivity index (χ2v) is 13.6. The Morgan fingerprint density at radius 3 is 1.57 bits per heavy atom. The van der Waals surface area contributed by atoms with Crippen molar-refractivity contribution in [2.24, 2.45) is 5.11 Å². The molecule has 0 aliphatic carbocycles. The molecule has 0 N–H and O–H groups in total. The molecule has 1 heterocycles. The first kappa shape index (κ1) is 29.4. The van der Waals surface area contributed by atoms with Crippen molar-refractivity contribution in [2.75, 3.05) is 7.05 Å². The fourth-order valence-electron chi connectivity index (χ4n) is 5.61. The minimum atomic E-state index is 0.120. The molecule has 0 spiro atoms. The fourth-order valence-corrected chi connectivity index (χ4v) is 5.61. The van der Waals surface area contributed by atoms with Gasteiger partial charge in [0.05, 0.1) is 5.11 Å². The van der Waals surface area contributed by atoms with Crippen LogP contribution in [0.3, 0.4) is 0 Å². The largest absolute Gasteiger partial charge is 0.443 e. The maximum atomic E-state index is 4.75. The third-order valence-electron chi connectivity index (χ3n) is 8.17. The third kappa shape index (κ3) is 6.06. The molecule has 0 fully saturated rings. The Morgan fingerprint density at radius 2 is 1.12 bits per heavy atom. The van der Waals surface area contributed by atoms with Crippen molar-refractivity contribution in [1.82, 2.24) is 0 Å². The molecule has 4 aromatic rings. The molecular weight excluding hydrogens is 510 g/mol. The minimum absolute atomic E-state index is 0.120. The van der Waals surface area contributed by atoms with E-state index in [-0.39, 0.29) is 10.8 Å². The quantitative estimate of drug-likeness (QED) is 0.166. The van der Waals surface area contributed by atoms with Gasteiger partial charge in [0.15, 0.2) is 6.17 Å². The number of azo groups is 2. The van der Waals surface area contributed by atoms with Crippen LogP contribution < -0.4 is 0 Å². The van der Waals surface area contributed by atoms with E-state index in [0.717, 1.165) is 30.7 Å². The normalized spacial score (nSPS) is 14.0. The highest BCUT2D eigenvalue weighted by Gasteiger charge is 2.31. The number of hydrogen-bond donors (Lipinski definition) is 0. The molecule has 3 nitrogen and oxygen atoms in total. The van der Waals surface area contributed by atoms with Gasteiger partial charge in [-0.1, -0.05) is 128 Å². The molecule has 0 saturated carbocycles. The van der Waals surface area contributed by atoms with Crippen molar-refractivity contribution in [3.63, 3.8) is 0 Å². The Kier molecular flexibility index (Phi) is 7.90. The second-order valence-electron chi connectivity index (χ2n) is 13.6. The second kappa shape index (κ2) is 11.3. The van der Waals surface area contributed by atoms with Gasteiger partial charge in [-0.3, -0.25) is 0 Å². The molecule has 0 radical (unpaired) electrons. The zero-order valence-electron chi connectivity index (χ0n) is 26.6. The number of benzene rings is 4. The lowest BCUT2D eigenvalue weighted by atomic mass is 9.85. The van der Waals surface area contributed by atoms with Gasteiger partial charge in [-0.2, -0.15) is 0 Å². The molecule has 5 rings (SSSR count). The van der Waals surface area contributed by atoms with E-state index in [0.29, 0.717) is 0 Å². The van der Waals surface area contributed by atoms with Gasteiger partial charge in [0.1, 0.15) is 7.05 Å². The van der Waals surface area contributed by atoms with Gasteiger partial charge in [0.25, 0.3) is 0 Å². The fraction of sp³-hybridized carbons (Fsp3) is 0.308. The zero-order valence-corrected chi connectivity index (χ0v) is 26.6. The van der Waals surface area contributed by atoms with Crippen LogP contribution in [0.15, 0.2) is 96.1 Å². The first-order valence-corrected chi connectivity index (χ1v) is 15.1. The monoisotopic (exact) mass is 555 g/mol. The van der Waals surface area contributed by atoms with Crippen LogP contribution in [0.25, 0.3) is 33.4 Å². The Morgan fingerprint density at radius 1 is 0.643 bits per heavy atom. The van der Waals surface area contributed by atoms with Crippen molar-refractivity contribution >= 4 is 6.72 Å². The molecule has 0 bridgehead atoms. The van der Waals surface area contributed by atoms with Crippen LogP contribution in [0, 0.1) is 12.3 Å². The summed E-state index contributed by atoms with van der Waals surface area (Å²) in [6.07, 6.45) is 3.95. The molecule has 0 saturated heterocycles. The number of nitrogens with zero attached hydrogens (tertiary/aromatic N) is 3. The summed E-state index contributed by atoms with van der Waals surface area (Å²) >= 11 is 0. The maximum Gasteiger partial charge on any atom is 0.208 e. The summed E-state index contributed by atoms with van der Waals surface area (Å²) in [6.45, 7) is 20.1. The van der Waals surface area contributed by atoms with Crippen molar-refractivity contribution in [3.8, 4) is 33.4 Å². The maximum absolute atomic E-state index is 4.75. The Labute approximate surface area is 253 Å². The predicted molar refractivity (Wildman–Crippen MR) is 177 cm³/mol. The van der Waals surface area contributed by atoms with Gasteiger partial charge in [0, 0.05) is 0 Å². The van der Waals surface area contributed by atoms with Crippen LogP contribution in [0.2, 0.25) is 0 Å². The summed E-state index contributed by atoms with van der Waals surface area (Å²) in [7, 11) is 2.00. The average molecular weight is 556 g/mol. The van der Waals surface area contributed by atoms with Gasteiger partial charge in [-0.15, -0.1) is 11.4 Å². The molecule has 0 atom stereocenters. The molecule has 42 heavy (non-hydrogen) atoms. The molecule has 3 heteroatoms. The van der Waals surface area contributed by atoms with E-state index < -0.39 is 0 Å². The summed E-state index contributed by atoms with van der Waals surface area (Å²) < 4.78 is 3.94. The minimum Gasteiger partial charge on any atom is -0.443 e. The third-order valence-corrected chi connectivity index (χ3v) is 8.17. The van der Waals surface area contributed by atoms with Crippen molar-refractivity contribution in [2.45, 2.75) is 72.1 Å². The van der Waals surface area contributed by atoms with E-state index in [9.17, 15) is 0 Å². The van der Waals surface area contributed by atoms with E-state index >= 15 is 0 Å². The van der Waals surface area contributed by atoms with Gasteiger partial charge >= 0.3 is 0 Å². The average Bonchev–Trinajstić information content (AvgIpc) is 3.24. The van der Waals surface area contributed by atoms with Crippen molar-refractivity contribution < 1.29 is 9.27 Å². The topological polar surface area (TPSA) is 18.4 Å². The zero-order chi connectivity index (χ0) is 30.2. The van der Waals surface area contributed by atoms with Gasteiger partial charge in [-0.25, -0.2) is 0 Å². The Bertz CT molecular complexity index is 1530.